The van der Waals surface area contributed by atoms with E-state index in [1.165, 1.54) is 180 Å². The zero-order valence-electron chi connectivity index (χ0n) is 36.8. The molecule has 0 aliphatic heterocycles. The van der Waals surface area contributed by atoms with E-state index in [0.717, 1.165) is 57.9 Å². The molecule has 0 aliphatic carbocycles. The maximum atomic E-state index is 12.6. The Bertz CT molecular complexity index is 698. The fourth-order valence-electron chi connectivity index (χ4n) is 7.61. The molecule has 0 heterocycles. The van der Waals surface area contributed by atoms with Crippen molar-refractivity contribution in [3.05, 3.63) is 0 Å². The molecule has 2 atom stereocenters. The summed E-state index contributed by atoms with van der Waals surface area (Å²) in [6.07, 6.45) is 42.7. The number of esters is 2. The summed E-state index contributed by atoms with van der Waals surface area (Å²) in [6, 6.07) is 0. The molecule has 5 heteroatoms. The van der Waals surface area contributed by atoms with Gasteiger partial charge in [-0.3, -0.25) is 9.59 Å². The van der Waals surface area contributed by atoms with Crippen LogP contribution in [0.15, 0.2) is 0 Å². The van der Waals surface area contributed by atoms with Crippen LogP contribution in [-0.4, -0.2) is 48.7 Å². The minimum Gasteiger partial charge on any atom is -0.462 e. The first-order chi connectivity index (χ1) is 26.0. The topological polar surface area (TPSA) is 55.8 Å². The first-order valence-electron chi connectivity index (χ1n) is 24.1. The van der Waals surface area contributed by atoms with Gasteiger partial charge in [-0.2, -0.15) is 0 Å². The summed E-state index contributed by atoms with van der Waals surface area (Å²) in [6.45, 7) is 14.8. The molecule has 0 radical (unpaired) electrons. The summed E-state index contributed by atoms with van der Waals surface area (Å²) >= 11 is 0. The number of nitrogens with zero attached hydrogens (tertiary/aromatic N) is 1. The standard InChI is InChI=1S/C48H95NO4/c1-6-11-15-19-23-31-39-45(37-29-17-13-8-3)52-47(50)41-33-25-21-27-35-43-49(10-5)44-36-28-22-26-34-42-48(51)53-46(38-30-18-14-9-4)40-32-24-20-16-12-7-2/h45-46H,6-44H2,1-5H3. The largest absolute Gasteiger partial charge is 0.462 e. The molecule has 2 unspecified atom stereocenters. The van der Waals surface area contributed by atoms with E-state index in [1.807, 2.05) is 0 Å². The van der Waals surface area contributed by atoms with Gasteiger partial charge < -0.3 is 14.4 Å². The van der Waals surface area contributed by atoms with E-state index in [4.69, 9.17) is 9.47 Å². The van der Waals surface area contributed by atoms with E-state index in [0.29, 0.717) is 12.8 Å². The Morgan fingerprint density at radius 2 is 0.623 bits per heavy atom. The molecule has 0 amide bonds. The predicted molar refractivity (Wildman–Crippen MR) is 231 cm³/mol. The highest BCUT2D eigenvalue weighted by Crippen LogP contribution is 2.20. The number of hydrogen-bond acceptors (Lipinski definition) is 5. The van der Waals surface area contributed by atoms with Crippen LogP contribution in [0.1, 0.15) is 266 Å². The first-order valence-corrected chi connectivity index (χ1v) is 24.1. The number of rotatable bonds is 43. The van der Waals surface area contributed by atoms with Crippen molar-refractivity contribution in [3.63, 3.8) is 0 Å². The Balaban J connectivity index is 4.04. The third kappa shape index (κ3) is 37.6. The third-order valence-corrected chi connectivity index (χ3v) is 11.3. The van der Waals surface area contributed by atoms with E-state index in [-0.39, 0.29) is 24.1 Å². The van der Waals surface area contributed by atoms with E-state index < -0.39 is 0 Å². The Morgan fingerprint density at radius 3 is 0.943 bits per heavy atom. The van der Waals surface area contributed by atoms with E-state index in [2.05, 4.69) is 39.5 Å². The van der Waals surface area contributed by atoms with Crippen LogP contribution in [0.3, 0.4) is 0 Å². The highest BCUT2D eigenvalue weighted by atomic mass is 16.5. The van der Waals surface area contributed by atoms with Gasteiger partial charge >= 0.3 is 11.9 Å². The van der Waals surface area contributed by atoms with Crippen molar-refractivity contribution in [1.29, 1.82) is 0 Å². The van der Waals surface area contributed by atoms with Crippen LogP contribution in [0.2, 0.25) is 0 Å². The molecule has 0 aromatic rings. The van der Waals surface area contributed by atoms with Crippen LogP contribution < -0.4 is 0 Å². The van der Waals surface area contributed by atoms with Crippen molar-refractivity contribution >= 4 is 11.9 Å². The number of carbonyl (C=O) groups is 2. The quantitative estimate of drug-likeness (QED) is 0.0459. The summed E-state index contributed by atoms with van der Waals surface area (Å²) in [5.74, 6) is 0.0725. The van der Waals surface area contributed by atoms with Gasteiger partial charge in [0, 0.05) is 12.8 Å². The van der Waals surface area contributed by atoms with Crippen molar-refractivity contribution in [3.8, 4) is 0 Å². The Morgan fingerprint density at radius 1 is 0.358 bits per heavy atom. The third-order valence-electron chi connectivity index (χ3n) is 11.3. The molecule has 0 N–H and O–H groups in total. The van der Waals surface area contributed by atoms with Crippen LogP contribution >= 0.6 is 0 Å². The molecular formula is C48H95NO4. The maximum absolute atomic E-state index is 12.6. The zero-order chi connectivity index (χ0) is 38.9. The molecule has 0 aromatic carbocycles. The SMILES string of the molecule is CCCCCCCCC(CCCCCC)OC(=O)CCCCCCCN(CC)CCCCCCCC(=O)OC(CCCCCC)CCCCCCCC. The molecule has 0 aromatic heterocycles. The highest BCUT2D eigenvalue weighted by Gasteiger charge is 2.15. The Kier molecular flexibility index (Phi) is 41.2. The molecule has 0 aliphatic rings. The van der Waals surface area contributed by atoms with Gasteiger partial charge in [-0.25, -0.2) is 0 Å². The van der Waals surface area contributed by atoms with Gasteiger partial charge in [-0.05, 0) is 96.7 Å². The maximum Gasteiger partial charge on any atom is 0.306 e. The Hall–Kier alpha value is -1.10. The second-order valence-electron chi connectivity index (χ2n) is 16.5. The monoisotopic (exact) mass is 750 g/mol. The van der Waals surface area contributed by atoms with Gasteiger partial charge in [-0.1, -0.05) is 176 Å². The predicted octanol–water partition coefficient (Wildman–Crippen LogP) is 15.3. The van der Waals surface area contributed by atoms with Crippen LogP contribution in [0.5, 0.6) is 0 Å². The summed E-state index contributed by atoms with van der Waals surface area (Å²) in [4.78, 5) is 27.9. The minimum absolute atomic E-state index is 0.0363. The molecule has 0 bridgehead atoms. The van der Waals surface area contributed by atoms with Crippen molar-refractivity contribution in [2.45, 2.75) is 278 Å². The van der Waals surface area contributed by atoms with Crippen LogP contribution in [0, 0.1) is 0 Å². The van der Waals surface area contributed by atoms with Gasteiger partial charge in [0.15, 0.2) is 0 Å². The van der Waals surface area contributed by atoms with Crippen molar-refractivity contribution < 1.29 is 19.1 Å². The van der Waals surface area contributed by atoms with Crippen LogP contribution in [-0.2, 0) is 19.1 Å². The average molecular weight is 750 g/mol. The van der Waals surface area contributed by atoms with E-state index in [9.17, 15) is 9.59 Å². The summed E-state index contributed by atoms with van der Waals surface area (Å²) in [5.41, 5.74) is 0. The van der Waals surface area contributed by atoms with Crippen LogP contribution in [0.4, 0.5) is 0 Å². The van der Waals surface area contributed by atoms with Gasteiger partial charge in [0.1, 0.15) is 12.2 Å². The van der Waals surface area contributed by atoms with Gasteiger partial charge in [-0.15, -0.1) is 0 Å². The second kappa shape index (κ2) is 42.1. The van der Waals surface area contributed by atoms with Gasteiger partial charge in [0.25, 0.3) is 0 Å². The van der Waals surface area contributed by atoms with Gasteiger partial charge in [0.05, 0.1) is 0 Å². The van der Waals surface area contributed by atoms with Crippen molar-refractivity contribution in [1.82, 2.24) is 4.90 Å². The van der Waals surface area contributed by atoms with E-state index in [1.54, 1.807) is 0 Å². The normalized spacial score (nSPS) is 12.7. The van der Waals surface area contributed by atoms with Crippen molar-refractivity contribution in [2.24, 2.45) is 0 Å². The molecule has 0 rings (SSSR count). The minimum atomic E-state index is 0.0363. The van der Waals surface area contributed by atoms with Crippen molar-refractivity contribution in [2.75, 3.05) is 19.6 Å². The lowest BCUT2D eigenvalue weighted by Crippen LogP contribution is -2.25. The summed E-state index contributed by atoms with van der Waals surface area (Å²) in [5, 5.41) is 0. The fraction of sp³-hybridized carbons (Fsp3) is 0.958. The highest BCUT2D eigenvalue weighted by molar-refractivity contribution is 5.69. The molecule has 0 saturated heterocycles. The number of ether oxygens (including phenoxy) is 2. The zero-order valence-corrected chi connectivity index (χ0v) is 36.8. The summed E-state index contributed by atoms with van der Waals surface area (Å²) < 4.78 is 12.0. The summed E-state index contributed by atoms with van der Waals surface area (Å²) in [7, 11) is 0. The molecule has 53 heavy (non-hydrogen) atoms. The Labute approximate surface area is 332 Å². The smallest absolute Gasteiger partial charge is 0.306 e. The molecule has 316 valence electrons. The lowest BCUT2D eigenvalue weighted by molar-refractivity contribution is -0.151. The van der Waals surface area contributed by atoms with E-state index >= 15 is 0 Å². The second-order valence-corrected chi connectivity index (χ2v) is 16.5. The molecule has 0 spiro atoms. The fourth-order valence-corrected chi connectivity index (χ4v) is 7.61. The van der Waals surface area contributed by atoms with Gasteiger partial charge in [0.2, 0.25) is 0 Å². The average Bonchev–Trinajstić information content (AvgIpc) is 3.15. The van der Waals surface area contributed by atoms with Crippen LogP contribution in [0.25, 0.3) is 0 Å². The lowest BCUT2D eigenvalue weighted by Gasteiger charge is -2.20. The molecule has 5 nitrogen and oxygen atoms in total. The number of hydrogen-bond donors (Lipinski definition) is 0. The number of unbranched alkanes of at least 4 members (excludes halogenated alkanes) is 24. The molecular weight excluding hydrogens is 655 g/mol. The number of carbonyl (C=O) groups excluding carboxylic acids is 2. The molecule has 0 fully saturated rings. The molecule has 0 saturated carbocycles. The first kappa shape index (κ1) is 51.9. The lowest BCUT2D eigenvalue weighted by atomic mass is 10.0.